The average molecular weight is 383 g/mol. The van der Waals surface area contributed by atoms with Crippen molar-refractivity contribution in [2.45, 2.75) is 82.6 Å². The average Bonchev–Trinajstić information content (AvgIpc) is 2.59. The third-order valence-corrected chi connectivity index (χ3v) is 10.4. The van der Waals surface area contributed by atoms with E-state index in [1.165, 1.54) is 0 Å². The lowest BCUT2D eigenvalue weighted by Gasteiger charge is -2.40. The SMILES string of the molecule is CO[C@@H]1CC[C@H](OCC(O[Si](C)(C)C(C)(C)C)c2ccccc2)[C@@H](F)C1. The van der Waals surface area contributed by atoms with Crippen molar-refractivity contribution in [1.82, 2.24) is 0 Å². The van der Waals surface area contributed by atoms with Crippen LogP contribution in [0.2, 0.25) is 18.1 Å². The van der Waals surface area contributed by atoms with Crippen LogP contribution in [0.1, 0.15) is 51.7 Å². The van der Waals surface area contributed by atoms with Crippen molar-refractivity contribution in [2.24, 2.45) is 0 Å². The highest BCUT2D eigenvalue weighted by atomic mass is 28.4. The van der Waals surface area contributed by atoms with Crippen molar-refractivity contribution < 1.29 is 18.3 Å². The van der Waals surface area contributed by atoms with Gasteiger partial charge >= 0.3 is 0 Å². The van der Waals surface area contributed by atoms with Gasteiger partial charge in [-0.2, -0.15) is 0 Å². The maximum atomic E-state index is 14.4. The van der Waals surface area contributed by atoms with E-state index in [1.807, 2.05) is 18.2 Å². The summed E-state index contributed by atoms with van der Waals surface area (Å²) in [5.41, 5.74) is 1.10. The van der Waals surface area contributed by atoms with Gasteiger partial charge in [0.25, 0.3) is 0 Å². The predicted molar refractivity (Wildman–Crippen MR) is 107 cm³/mol. The monoisotopic (exact) mass is 382 g/mol. The van der Waals surface area contributed by atoms with Crippen LogP contribution >= 0.6 is 0 Å². The van der Waals surface area contributed by atoms with Crippen LogP contribution < -0.4 is 0 Å². The van der Waals surface area contributed by atoms with Crippen LogP contribution in [0.3, 0.4) is 0 Å². The first-order valence-electron chi connectivity index (χ1n) is 9.65. The summed E-state index contributed by atoms with van der Waals surface area (Å²) in [5.74, 6) is 0. The van der Waals surface area contributed by atoms with Crippen LogP contribution in [-0.2, 0) is 13.9 Å². The van der Waals surface area contributed by atoms with E-state index in [-0.39, 0.29) is 23.4 Å². The lowest BCUT2D eigenvalue weighted by molar-refractivity contribution is -0.0825. The number of alkyl halides is 1. The molecule has 0 bridgehead atoms. The Morgan fingerprint density at radius 3 is 2.35 bits per heavy atom. The second kappa shape index (κ2) is 8.96. The summed E-state index contributed by atoms with van der Waals surface area (Å²) in [6.07, 6.45) is 0.471. The largest absolute Gasteiger partial charge is 0.408 e. The van der Waals surface area contributed by atoms with Crippen LogP contribution in [-0.4, -0.2) is 40.4 Å². The highest BCUT2D eigenvalue weighted by Crippen LogP contribution is 2.40. The number of methoxy groups -OCH3 is 1. The normalized spacial score (nSPS) is 25.9. The molecule has 1 aromatic rings. The van der Waals surface area contributed by atoms with E-state index in [0.29, 0.717) is 19.4 Å². The molecule has 0 saturated heterocycles. The summed E-state index contributed by atoms with van der Waals surface area (Å²) in [5, 5.41) is 0.110. The van der Waals surface area contributed by atoms with Gasteiger partial charge in [-0.1, -0.05) is 51.1 Å². The predicted octanol–water partition coefficient (Wildman–Crippen LogP) is 5.67. The molecule has 2 rings (SSSR count). The molecule has 1 aliphatic carbocycles. The van der Waals surface area contributed by atoms with Gasteiger partial charge in [0.1, 0.15) is 6.17 Å². The third-order valence-electron chi connectivity index (χ3n) is 5.87. The number of hydrogen-bond acceptors (Lipinski definition) is 3. The Morgan fingerprint density at radius 2 is 1.81 bits per heavy atom. The van der Waals surface area contributed by atoms with Crippen molar-refractivity contribution in [3.63, 3.8) is 0 Å². The molecule has 1 fully saturated rings. The molecular weight excluding hydrogens is 347 g/mol. The van der Waals surface area contributed by atoms with Gasteiger partial charge in [0.15, 0.2) is 8.32 Å². The minimum atomic E-state index is -1.97. The van der Waals surface area contributed by atoms with E-state index in [2.05, 4.69) is 46.0 Å². The van der Waals surface area contributed by atoms with Crippen LogP contribution in [0.5, 0.6) is 0 Å². The van der Waals surface area contributed by atoms with Crippen molar-refractivity contribution in [3.05, 3.63) is 35.9 Å². The van der Waals surface area contributed by atoms with Crippen molar-refractivity contribution >= 4 is 8.32 Å². The van der Waals surface area contributed by atoms with Crippen LogP contribution in [0, 0.1) is 0 Å². The molecule has 0 spiro atoms. The van der Waals surface area contributed by atoms with Gasteiger partial charge in [0.05, 0.1) is 24.9 Å². The second-order valence-electron chi connectivity index (χ2n) is 8.84. The Balaban J connectivity index is 2.06. The molecule has 0 N–H and O–H groups in total. The molecular formula is C21H35FO3Si. The highest BCUT2D eigenvalue weighted by molar-refractivity contribution is 6.74. The Kier molecular flexibility index (Phi) is 7.42. The lowest BCUT2D eigenvalue weighted by atomic mass is 9.93. The molecule has 0 heterocycles. The highest BCUT2D eigenvalue weighted by Gasteiger charge is 2.40. The van der Waals surface area contributed by atoms with E-state index >= 15 is 0 Å². The smallest absolute Gasteiger partial charge is 0.193 e. The number of ether oxygens (including phenoxy) is 2. The maximum absolute atomic E-state index is 14.4. The van der Waals surface area contributed by atoms with Crippen molar-refractivity contribution in [3.8, 4) is 0 Å². The lowest BCUT2D eigenvalue weighted by Crippen LogP contribution is -2.43. The zero-order valence-corrected chi connectivity index (χ0v) is 18.1. The van der Waals surface area contributed by atoms with Gasteiger partial charge < -0.3 is 13.9 Å². The Labute approximate surface area is 159 Å². The quantitative estimate of drug-likeness (QED) is 0.569. The summed E-state index contributed by atoms with van der Waals surface area (Å²) in [4.78, 5) is 0. The molecule has 0 radical (unpaired) electrons. The van der Waals surface area contributed by atoms with E-state index in [0.717, 1.165) is 12.0 Å². The molecule has 0 amide bonds. The van der Waals surface area contributed by atoms with E-state index < -0.39 is 14.5 Å². The molecule has 1 unspecified atom stereocenters. The minimum Gasteiger partial charge on any atom is -0.408 e. The molecule has 1 aliphatic rings. The molecule has 0 aromatic heterocycles. The Hall–Kier alpha value is -0.753. The summed E-state index contributed by atoms with van der Waals surface area (Å²) < 4.78 is 32.4. The van der Waals surface area contributed by atoms with Gasteiger partial charge in [-0.15, -0.1) is 0 Å². The van der Waals surface area contributed by atoms with E-state index in [1.54, 1.807) is 7.11 Å². The van der Waals surface area contributed by atoms with Crippen LogP contribution in [0.25, 0.3) is 0 Å². The van der Waals surface area contributed by atoms with E-state index in [4.69, 9.17) is 13.9 Å². The van der Waals surface area contributed by atoms with Gasteiger partial charge in [0, 0.05) is 13.5 Å². The molecule has 26 heavy (non-hydrogen) atoms. The first-order chi connectivity index (χ1) is 12.1. The maximum Gasteiger partial charge on any atom is 0.193 e. The second-order valence-corrected chi connectivity index (χ2v) is 13.6. The number of rotatable bonds is 7. The fourth-order valence-corrected chi connectivity index (χ4v) is 4.33. The number of benzene rings is 1. The molecule has 4 atom stereocenters. The van der Waals surface area contributed by atoms with Gasteiger partial charge in [0.2, 0.25) is 0 Å². The topological polar surface area (TPSA) is 27.7 Å². The van der Waals surface area contributed by atoms with E-state index in [9.17, 15) is 4.39 Å². The zero-order chi connectivity index (χ0) is 19.4. The molecule has 5 heteroatoms. The molecule has 1 aromatic carbocycles. The van der Waals surface area contributed by atoms with Crippen LogP contribution in [0.4, 0.5) is 4.39 Å². The van der Waals surface area contributed by atoms with Crippen molar-refractivity contribution in [2.75, 3.05) is 13.7 Å². The zero-order valence-electron chi connectivity index (χ0n) is 17.1. The molecule has 1 saturated carbocycles. The Bertz CT molecular complexity index is 544. The molecule has 148 valence electrons. The summed E-state index contributed by atoms with van der Waals surface area (Å²) >= 11 is 0. The summed E-state index contributed by atoms with van der Waals surface area (Å²) in [6.45, 7) is 11.6. The molecule has 3 nitrogen and oxygen atoms in total. The summed E-state index contributed by atoms with van der Waals surface area (Å²) in [7, 11) is -0.315. The number of hydrogen-bond donors (Lipinski definition) is 0. The van der Waals surface area contributed by atoms with Gasteiger partial charge in [-0.25, -0.2) is 4.39 Å². The first kappa shape index (κ1) is 21.5. The van der Waals surface area contributed by atoms with Crippen molar-refractivity contribution in [1.29, 1.82) is 0 Å². The number of halogens is 1. The fourth-order valence-electron chi connectivity index (χ4n) is 3.06. The van der Waals surface area contributed by atoms with Crippen LogP contribution in [0.15, 0.2) is 30.3 Å². The van der Waals surface area contributed by atoms with Gasteiger partial charge in [-0.3, -0.25) is 0 Å². The minimum absolute atomic E-state index is 0.0123. The standard InChI is InChI=1S/C21H35FO3Si/c1-21(2,3)26(5,6)25-20(16-10-8-7-9-11-16)15-24-19-13-12-17(23-4)14-18(19)22/h7-11,17-20H,12-15H2,1-6H3/t17-,18+,19+,20?/m1/s1. The van der Waals surface area contributed by atoms with Gasteiger partial charge in [-0.05, 0) is 36.5 Å². The first-order valence-corrected chi connectivity index (χ1v) is 12.6. The summed E-state index contributed by atoms with van der Waals surface area (Å²) in [6, 6.07) is 10.2. The Morgan fingerprint density at radius 1 is 1.15 bits per heavy atom. The third kappa shape index (κ3) is 5.62. The fraction of sp³-hybridized carbons (Fsp3) is 0.714. The molecule has 0 aliphatic heterocycles.